The second-order valence-electron chi connectivity index (χ2n) is 4.96. The molecule has 1 amide bonds. The van der Waals surface area contributed by atoms with E-state index in [0.717, 1.165) is 36.1 Å². The molecule has 0 fully saturated rings. The summed E-state index contributed by atoms with van der Waals surface area (Å²) in [4.78, 5) is 12.1. The molecular weight excluding hydrogens is 312 g/mol. The zero-order valence-electron chi connectivity index (χ0n) is 13.7. The van der Waals surface area contributed by atoms with E-state index < -0.39 is 0 Å². The van der Waals surface area contributed by atoms with Gasteiger partial charge in [0, 0.05) is 24.7 Å². The molecule has 0 saturated carbocycles. The molecule has 0 unspecified atom stereocenters. The Morgan fingerprint density at radius 3 is 2.87 bits per heavy atom. The molecular formula is C16H22N4O2S. The van der Waals surface area contributed by atoms with Crippen molar-refractivity contribution in [3.8, 4) is 5.75 Å². The van der Waals surface area contributed by atoms with Crippen molar-refractivity contribution < 1.29 is 9.53 Å². The van der Waals surface area contributed by atoms with E-state index in [0.29, 0.717) is 11.5 Å². The fourth-order valence-corrected chi connectivity index (χ4v) is 3.00. The summed E-state index contributed by atoms with van der Waals surface area (Å²) in [5.41, 5.74) is 0.721. The van der Waals surface area contributed by atoms with Crippen molar-refractivity contribution in [2.75, 3.05) is 18.2 Å². The van der Waals surface area contributed by atoms with Crippen molar-refractivity contribution >= 4 is 23.4 Å². The predicted molar refractivity (Wildman–Crippen MR) is 92.0 cm³/mol. The van der Waals surface area contributed by atoms with Gasteiger partial charge in [0.15, 0.2) is 5.16 Å². The summed E-state index contributed by atoms with van der Waals surface area (Å²) in [6.45, 7) is 4.98. The first-order chi connectivity index (χ1) is 11.2. The molecule has 1 aromatic carbocycles. The number of amides is 1. The van der Waals surface area contributed by atoms with E-state index in [9.17, 15) is 4.79 Å². The van der Waals surface area contributed by atoms with Crippen LogP contribution in [0.1, 0.15) is 26.1 Å². The summed E-state index contributed by atoms with van der Waals surface area (Å²) in [6.07, 6.45) is 1.93. The number of carbonyl (C=O) groups is 1. The first-order valence-electron chi connectivity index (χ1n) is 7.66. The number of ether oxygens (including phenoxy) is 1. The minimum absolute atomic E-state index is 0.0778. The van der Waals surface area contributed by atoms with Gasteiger partial charge in [-0.3, -0.25) is 4.79 Å². The van der Waals surface area contributed by atoms with Crippen LogP contribution in [-0.2, 0) is 17.8 Å². The van der Waals surface area contributed by atoms with Gasteiger partial charge >= 0.3 is 0 Å². The third-order valence-corrected chi connectivity index (χ3v) is 4.24. The molecule has 7 heteroatoms. The van der Waals surface area contributed by atoms with Crippen molar-refractivity contribution in [3.63, 3.8) is 0 Å². The summed E-state index contributed by atoms with van der Waals surface area (Å²) >= 11 is 1.40. The van der Waals surface area contributed by atoms with Gasteiger partial charge in [0.1, 0.15) is 11.6 Å². The Kier molecular flexibility index (Phi) is 6.46. The van der Waals surface area contributed by atoms with Crippen LogP contribution in [0.3, 0.4) is 0 Å². The zero-order valence-corrected chi connectivity index (χ0v) is 14.5. The molecule has 2 aromatic rings. The Balaban J connectivity index is 1.93. The van der Waals surface area contributed by atoms with Crippen LogP contribution in [0.15, 0.2) is 29.4 Å². The molecule has 0 atom stereocenters. The van der Waals surface area contributed by atoms with Crippen LogP contribution in [0, 0.1) is 0 Å². The molecule has 0 radical (unpaired) electrons. The standard InChI is InChI=1S/C16H22N4O2S/c1-4-7-14-18-19-16(20(14)5-2)23-11-15(21)17-12-8-6-9-13(10-12)22-3/h6,8-10H,4-5,7,11H2,1-3H3,(H,17,21). The summed E-state index contributed by atoms with van der Waals surface area (Å²) in [6, 6.07) is 7.30. The van der Waals surface area contributed by atoms with Gasteiger partial charge in [-0.1, -0.05) is 24.8 Å². The lowest BCUT2D eigenvalue weighted by Gasteiger charge is -2.08. The third-order valence-electron chi connectivity index (χ3n) is 3.27. The highest BCUT2D eigenvalue weighted by molar-refractivity contribution is 7.99. The van der Waals surface area contributed by atoms with Gasteiger partial charge in [0.2, 0.25) is 5.91 Å². The number of aromatic nitrogens is 3. The van der Waals surface area contributed by atoms with Crippen molar-refractivity contribution in [3.05, 3.63) is 30.1 Å². The van der Waals surface area contributed by atoms with Gasteiger partial charge in [0.05, 0.1) is 12.9 Å². The van der Waals surface area contributed by atoms with Crippen LogP contribution in [0.4, 0.5) is 5.69 Å². The molecule has 0 bridgehead atoms. The highest BCUT2D eigenvalue weighted by Crippen LogP contribution is 2.20. The van der Waals surface area contributed by atoms with Gasteiger partial charge in [-0.25, -0.2) is 0 Å². The number of hydrogen-bond acceptors (Lipinski definition) is 5. The molecule has 0 saturated heterocycles. The fraction of sp³-hybridized carbons (Fsp3) is 0.438. The largest absolute Gasteiger partial charge is 0.497 e. The van der Waals surface area contributed by atoms with Gasteiger partial charge in [0.25, 0.3) is 0 Å². The number of rotatable bonds is 8. The van der Waals surface area contributed by atoms with E-state index in [1.807, 2.05) is 18.2 Å². The summed E-state index contributed by atoms with van der Waals surface area (Å²) in [5, 5.41) is 12.0. The van der Waals surface area contributed by atoms with Crippen molar-refractivity contribution in [2.24, 2.45) is 0 Å². The second-order valence-corrected chi connectivity index (χ2v) is 5.90. The van der Waals surface area contributed by atoms with Crippen LogP contribution < -0.4 is 10.1 Å². The number of carbonyl (C=O) groups excluding carboxylic acids is 1. The van der Waals surface area contributed by atoms with Crippen LogP contribution in [-0.4, -0.2) is 33.5 Å². The van der Waals surface area contributed by atoms with E-state index >= 15 is 0 Å². The van der Waals surface area contributed by atoms with Gasteiger partial charge in [-0.15, -0.1) is 10.2 Å². The van der Waals surface area contributed by atoms with Crippen LogP contribution >= 0.6 is 11.8 Å². The van der Waals surface area contributed by atoms with Gasteiger partial charge in [-0.2, -0.15) is 0 Å². The van der Waals surface area contributed by atoms with E-state index in [4.69, 9.17) is 4.74 Å². The maximum atomic E-state index is 12.1. The van der Waals surface area contributed by atoms with Crippen molar-refractivity contribution in [1.29, 1.82) is 0 Å². The van der Waals surface area contributed by atoms with E-state index in [-0.39, 0.29) is 5.91 Å². The number of aryl methyl sites for hydroxylation is 1. The molecule has 2 rings (SSSR count). The Morgan fingerprint density at radius 1 is 1.35 bits per heavy atom. The molecule has 0 aliphatic rings. The highest BCUT2D eigenvalue weighted by atomic mass is 32.2. The zero-order chi connectivity index (χ0) is 16.7. The number of nitrogens with zero attached hydrogens (tertiary/aromatic N) is 3. The smallest absolute Gasteiger partial charge is 0.234 e. The van der Waals surface area contributed by atoms with Crippen LogP contribution in [0.5, 0.6) is 5.75 Å². The topological polar surface area (TPSA) is 69.0 Å². The number of methoxy groups -OCH3 is 1. The van der Waals surface area contributed by atoms with Crippen molar-refractivity contribution in [2.45, 2.75) is 38.4 Å². The summed E-state index contributed by atoms with van der Waals surface area (Å²) in [5.74, 6) is 1.91. The number of nitrogens with one attached hydrogen (secondary N) is 1. The lowest BCUT2D eigenvalue weighted by atomic mass is 10.3. The average molecular weight is 334 g/mol. The quantitative estimate of drug-likeness (QED) is 0.752. The van der Waals surface area contributed by atoms with Gasteiger partial charge in [-0.05, 0) is 25.5 Å². The molecule has 0 aliphatic carbocycles. The minimum atomic E-state index is -0.0778. The monoisotopic (exact) mass is 334 g/mol. The van der Waals surface area contributed by atoms with E-state index in [1.54, 1.807) is 13.2 Å². The predicted octanol–water partition coefficient (Wildman–Crippen LogP) is 2.99. The number of thioether (sulfide) groups is 1. The summed E-state index contributed by atoms with van der Waals surface area (Å²) in [7, 11) is 1.60. The summed E-state index contributed by atoms with van der Waals surface area (Å²) < 4.78 is 7.21. The minimum Gasteiger partial charge on any atom is -0.497 e. The Hall–Kier alpha value is -2.02. The Morgan fingerprint density at radius 2 is 2.17 bits per heavy atom. The first-order valence-corrected chi connectivity index (χ1v) is 8.65. The SMILES string of the molecule is CCCc1nnc(SCC(=O)Nc2cccc(OC)c2)n1CC. The average Bonchev–Trinajstić information content (AvgIpc) is 2.95. The number of anilines is 1. The maximum absolute atomic E-state index is 12.1. The second kappa shape index (κ2) is 8.57. The Bertz CT molecular complexity index is 657. The molecule has 124 valence electrons. The third kappa shape index (κ3) is 4.72. The highest BCUT2D eigenvalue weighted by Gasteiger charge is 2.12. The normalized spacial score (nSPS) is 10.6. The molecule has 1 aromatic heterocycles. The molecule has 1 heterocycles. The first kappa shape index (κ1) is 17.3. The van der Waals surface area contributed by atoms with E-state index in [2.05, 4.69) is 33.9 Å². The fourth-order valence-electron chi connectivity index (χ4n) is 2.18. The Labute approximate surface area is 140 Å². The molecule has 1 N–H and O–H groups in total. The lowest BCUT2D eigenvalue weighted by molar-refractivity contribution is -0.113. The van der Waals surface area contributed by atoms with E-state index in [1.165, 1.54) is 11.8 Å². The molecule has 6 nitrogen and oxygen atoms in total. The van der Waals surface area contributed by atoms with Gasteiger partial charge < -0.3 is 14.6 Å². The van der Waals surface area contributed by atoms with Crippen molar-refractivity contribution in [1.82, 2.24) is 14.8 Å². The number of hydrogen-bond donors (Lipinski definition) is 1. The van der Waals surface area contributed by atoms with Crippen LogP contribution in [0.2, 0.25) is 0 Å². The molecule has 0 spiro atoms. The molecule has 23 heavy (non-hydrogen) atoms. The lowest BCUT2D eigenvalue weighted by Crippen LogP contribution is -2.14. The molecule has 0 aliphatic heterocycles. The maximum Gasteiger partial charge on any atom is 0.234 e. The van der Waals surface area contributed by atoms with Crippen LogP contribution in [0.25, 0.3) is 0 Å². The number of benzene rings is 1.